The standard InChI is InChI=1S/C18H17N7O/c1-3-13-10-16(25-18(22-13)19-11-20-25)21-14-5-7-15(8-6-14)26-17-9-4-12(2)23-24-17/h4-11,21H,3H2,1-2H3. The SMILES string of the molecule is CCc1cc(Nc2ccc(Oc3ccc(C)nn3)cc2)n2ncnc2n1. The number of anilines is 2. The molecule has 8 heteroatoms. The maximum atomic E-state index is 5.69. The van der Waals surface area contributed by atoms with Gasteiger partial charge in [0.1, 0.15) is 17.9 Å². The van der Waals surface area contributed by atoms with Crippen molar-refractivity contribution in [2.45, 2.75) is 20.3 Å². The van der Waals surface area contributed by atoms with Crippen LogP contribution in [0.3, 0.4) is 0 Å². The van der Waals surface area contributed by atoms with Crippen molar-refractivity contribution in [2.24, 2.45) is 0 Å². The topological polar surface area (TPSA) is 90.1 Å². The summed E-state index contributed by atoms with van der Waals surface area (Å²) in [5.41, 5.74) is 2.70. The number of benzene rings is 1. The Kier molecular flexibility index (Phi) is 4.14. The third kappa shape index (κ3) is 3.30. The summed E-state index contributed by atoms with van der Waals surface area (Å²) >= 11 is 0. The van der Waals surface area contributed by atoms with Crippen LogP contribution in [0.2, 0.25) is 0 Å². The Morgan fingerprint density at radius 3 is 2.65 bits per heavy atom. The van der Waals surface area contributed by atoms with Crippen molar-refractivity contribution in [3.63, 3.8) is 0 Å². The zero-order valence-electron chi connectivity index (χ0n) is 14.4. The highest BCUT2D eigenvalue weighted by atomic mass is 16.5. The summed E-state index contributed by atoms with van der Waals surface area (Å²) in [6.45, 7) is 3.94. The van der Waals surface area contributed by atoms with E-state index in [0.717, 1.165) is 29.3 Å². The number of aryl methyl sites for hydroxylation is 2. The van der Waals surface area contributed by atoms with Gasteiger partial charge in [-0.25, -0.2) is 4.98 Å². The number of nitrogens with one attached hydrogen (secondary N) is 1. The van der Waals surface area contributed by atoms with E-state index < -0.39 is 0 Å². The van der Waals surface area contributed by atoms with Gasteiger partial charge in [0.05, 0.1) is 5.69 Å². The van der Waals surface area contributed by atoms with Gasteiger partial charge in [-0.1, -0.05) is 6.92 Å². The molecule has 0 saturated heterocycles. The molecule has 0 amide bonds. The Bertz CT molecular complexity index is 1030. The van der Waals surface area contributed by atoms with Crippen molar-refractivity contribution in [3.8, 4) is 11.6 Å². The van der Waals surface area contributed by atoms with E-state index in [2.05, 4.69) is 37.5 Å². The van der Waals surface area contributed by atoms with Gasteiger partial charge >= 0.3 is 0 Å². The molecule has 26 heavy (non-hydrogen) atoms. The highest BCUT2D eigenvalue weighted by molar-refractivity contribution is 5.59. The first-order valence-corrected chi connectivity index (χ1v) is 8.26. The van der Waals surface area contributed by atoms with Gasteiger partial charge in [-0.05, 0) is 43.7 Å². The molecule has 0 unspecified atom stereocenters. The minimum absolute atomic E-state index is 0.461. The summed E-state index contributed by atoms with van der Waals surface area (Å²) in [6.07, 6.45) is 2.31. The fourth-order valence-electron chi connectivity index (χ4n) is 2.45. The molecule has 4 rings (SSSR count). The van der Waals surface area contributed by atoms with Crippen molar-refractivity contribution >= 4 is 17.3 Å². The quantitative estimate of drug-likeness (QED) is 0.592. The Labute approximate surface area is 149 Å². The lowest BCUT2D eigenvalue weighted by molar-refractivity contribution is 0.454. The van der Waals surface area contributed by atoms with Crippen LogP contribution in [0.5, 0.6) is 11.6 Å². The Morgan fingerprint density at radius 2 is 1.92 bits per heavy atom. The summed E-state index contributed by atoms with van der Waals surface area (Å²) in [5.74, 6) is 2.53. The summed E-state index contributed by atoms with van der Waals surface area (Å²) in [7, 11) is 0. The van der Waals surface area contributed by atoms with E-state index in [0.29, 0.717) is 17.4 Å². The van der Waals surface area contributed by atoms with Crippen LogP contribution >= 0.6 is 0 Å². The van der Waals surface area contributed by atoms with E-state index in [-0.39, 0.29) is 0 Å². The molecule has 0 aliphatic heterocycles. The lowest BCUT2D eigenvalue weighted by Gasteiger charge is -2.10. The fraction of sp³-hybridized carbons (Fsp3) is 0.167. The van der Waals surface area contributed by atoms with Crippen LogP contribution in [0.4, 0.5) is 11.5 Å². The van der Waals surface area contributed by atoms with Crippen molar-refractivity contribution < 1.29 is 4.74 Å². The first-order valence-electron chi connectivity index (χ1n) is 8.26. The maximum absolute atomic E-state index is 5.69. The number of ether oxygens (including phenoxy) is 1. The first-order chi connectivity index (χ1) is 12.7. The van der Waals surface area contributed by atoms with E-state index in [9.17, 15) is 0 Å². The van der Waals surface area contributed by atoms with E-state index in [1.165, 1.54) is 6.33 Å². The maximum Gasteiger partial charge on any atom is 0.254 e. The molecule has 0 radical (unpaired) electrons. The number of rotatable bonds is 5. The third-order valence-corrected chi connectivity index (χ3v) is 3.79. The van der Waals surface area contributed by atoms with Gasteiger partial charge in [0.15, 0.2) is 0 Å². The molecule has 1 aromatic carbocycles. The monoisotopic (exact) mass is 347 g/mol. The minimum atomic E-state index is 0.461. The second kappa shape index (κ2) is 6.75. The molecule has 0 spiro atoms. The zero-order chi connectivity index (χ0) is 17.9. The second-order valence-electron chi connectivity index (χ2n) is 5.72. The number of fused-ring (bicyclic) bond motifs is 1. The largest absolute Gasteiger partial charge is 0.438 e. The predicted molar refractivity (Wildman–Crippen MR) is 96.7 cm³/mol. The van der Waals surface area contributed by atoms with E-state index in [1.54, 1.807) is 10.6 Å². The van der Waals surface area contributed by atoms with Crippen molar-refractivity contribution in [1.82, 2.24) is 29.8 Å². The van der Waals surface area contributed by atoms with Crippen LogP contribution in [-0.2, 0) is 6.42 Å². The molecule has 0 saturated carbocycles. The molecule has 0 aliphatic rings. The van der Waals surface area contributed by atoms with Gasteiger partial charge < -0.3 is 10.1 Å². The van der Waals surface area contributed by atoms with Crippen LogP contribution in [0.15, 0.2) is 48.8 Å². The van der Waals surface area contributed by atoms with Gasteiger partial charge in [-0.3, -0.25) is 0 Å². The summed E-state index contributed by atoms with van der Waals surface area (Å²) in [6, 6.07) is 13.2. The van der Waals surface area contributed by atoms with Crippen LogP contribution in [0, 0.1) is 6.92 Å². The van der Waals surface area contributed by atoms with Crippen molar-refractivity contribution in [3.05, 3.63) is 60.2 Å². The van der Waals surface area contributed by atoms with E-state index in [1.807, 2.05) is 43.3 Å². The molecule has 130 valence electrons. The number of aromatic nitrogens is 6. The molecule has 0 fully saturated rings. The average Bonchev–Trinajstić information content (AvgIpc) is 3.14. The number of hydrogen-bond donors (Lipinski definition) is 1. The fourth-order valence-corrected chi connectivity index (χ4v) is 2.45. The summed E-state index contributed by atoms with van der Waals surface area (Å²) < 4.78 is 7.37. The van der Waals surface area contributed by atoms with E-state index >= 15 is 0 Å². The highest BCUT2D eigenvalue weighted by Gasteiger charge is 2.07. The average molecular weight is 347 g/mol. The molecule has 0 atom stereocenters. The van der Waals surface area contributed by atoms with Gasteiger partial charge in [0.25, 0.3) is 5.78 Å². The molecule has 0 bridgehead atoms. The molecular formula is C18H17N7O. The molecule has 4 aromatic rings. The third-order valence-electron chi connectivity index (χ3n) is 3.79. The Balaban J connectivity index is 1.54. The molecule has 3 aromatic heterocycles. The van der Waals surface area contributed by atoms with Crippen LogP contribution < -0.4 is 10.1 Å². The van der Waals surface area contributed by atoms with E-state index in [4.69, 9.17) is 4.74 Å². The van der Waals surface area contributed by atoms with Gasteiger partial charge in [0, 0.05) is 23.5 Å². The Hall–Kier alpha value is -3.55. The minimum Gasteiger partial charge on any atom is -0.438 e. The Morgan fingerprint density at radius 1 is 1.08 bits per heavy atom. The van der Waals surface area contributed by atoms with Crippen LogP contribution in [-0.4, -0.2) is 29.8 Å². The predicted octanol–water partition coefficient (Wildman–Crippen LogP) is 3.32. The number of nitrogens with zero attached hydrogens (tertiary/aromatic N) is 6. The summed E-state index contributed by atoms with van der Waals surface area (Å²) in [5, 5.41) is 15.5. The smallest absolute Gasteiger partial charge is 0.254 e. The van der Waals surface area contributed by atoms with Gasteiger partial charge in [-0.15, -0.1) is 5.10 Å². The lowest BCUT2D eigenvalue weighted by atomic mass is 10.3. The van der Waals surface area contributed by atoms with Gasteiger partial charge in [-0.2, -0.15) is 19.7 Å². The number of hydrogen-bond acceptors (Lipinski definition) is 7. The molecule has 8 nitrogen and oxygen atoms in total. The molecule has 1 N–H and O–H groups in total. The lowest BCUT2D eigenvalue weighted by Crippen LogP contribution is -2.03. The van der Waals surface area contributed by atoms with Crippen molar-refractivity contribution in [2.75, 3.05) is 5.32 Å². The second-order valence-corrected chi connectivity index (χ2v) is 5.72. The van der Waals surface area contributed by atoms with Crippen molar-refractivity contribution in [1.29, 1.82) is 0 Å². The van der Waals surface area contributed by atoms with Crippen LogP contribution in [0.25, 0.3) is 5.78 Å². The molecular weight excluding hydrogens is 330 g/mol. The normalized spacial score (nSPS) is 10.8. The summed E-state index contributed by atoms with van der Waals surface area (Å²) in [4.78, 5) is 8.60. The van der Waals surface area contributed by atoms with Gasteiger partial charge in [0.2, 0.25) is 5.88 Å². The molecule has 3 heterocycles. The highest BCUT2D eigenvalue weighted by Crippen LogP contribution is 2.23. The van der Waals surface area contributed by atoms with Crippen LogP contribution in [0.1, 0.15) is 18.3 Å². The zero-order valence-corrected chi connectivity index (χ0v) is 14.4. The first kappa shape index (κ1) is 15.9. The molecule has 0 aliphatic carbocycles.